The molecule has 2 aromatic carbocycles. The summed E-state index contributed by atoms with van der Waals surface area (Å²) in [6.45, 7) is 0.990. The molecule has 1 fully saturated rings. The van der Waals surface area contributed by atoms with Crippen molar-refractivity contribution in [2.24, 2.45) is 5.10 Å². The van der Waals surface area contributed by atoms with Crippen molar-refractivity contribution in [1.82, 2.24) is 9.73 Å². The molecule has 0 saturated carbocycles. The number of carbonyl (C=O) groups excluding carboxylic acids is 1. The van der Waals surface area contributed by atoms with Gasteiger partial charge in [0.25, 0.3) is 5.91 Å². The van der Waals surface area contributed by atoms with E-state index in [9.17, 15) is 26.4 Å². The second-order valence-electron chi connectivity index (χ2n) is 6.33. The zero-order chi connectivity index (χ0) is 21.8. The minimum Gasteiger partial charge on any atom is -0.379 e. The van der Waals surface area contributed by atoms with Crippen molar-refractivity contribution >= 4 is 22.1 Å². The molecule has 1 heterocycles. The van der Waals surface area contributed by atoms with Crippen molar-refractivity contribution in [1.29, 1.82) is 0 Å². The van der Waals surface area contributed by atoms with Crippen LogP contribution in [0.1, 0.15) is 21.5 Å². The van der Waals surface area contributed by atoms with Gasteiger partial charge in [0.05, 0.1) is 29.9 Å². The molecule has 1 N–H and O–H groups in total. The van der Waals surface area contributed by atoms with Crippen LogP contribution in [-0.2, 0) is 20.9 Å². The van der Waals surface area contributed by atoms with Crippen LogP contribution in [0.3, 0.4) is 0 Å². The molecule has 1 amide bonds. The number of nitrogens with one attached hydrogen (secondary N) is 1. The SMILES string of the molecule is O=C(N/N=C\c1ccccc1C(F)(F)F)c1cccc(S(=O)(=O)N2CCOCC2)c1. The van der Waals surface area contributed by atoms with E-state index in [1.54, 1.807) is 0 Å². The Bertz CT molecular complexity index is 1050. The van der Waals surface area contributed by atoms with Gasteiger partial charge < -0.3 is 4.74 Å². The summed E-state index contributed by atoms with van der Waals surface area (Å²) in [5, 5.41) is 3.57. The fourth-order valence-corrected chi connectivity index (χ4v) is 4.28. The van der Waals surface area contributed by atoms with E-state index in [0.29, 0.717) is 0 Å². The van der Waals surface area contributed by atoms with Gasteiger partial charge in [0.2, 0.25) is 10.0 Å². The Labute approximate surface area is 171 Å². The summed E-state index contributed by atoms with van der Waals surface area (Å²) in [5.74, 6) is -0.755. The predicted octanol–water partition coefficient (Wildman–Crippen LogP) is 2.49. The van der Waals surface area contributed by atoms with Gasteiger partial charge in [0.15, 0.2) is 0 Å². The highest BCUT2D eigenvalue weighted by molar-refractivity contribution is 7.89. The van der Waals surface area contributed by atoms with E-state index in [1.165, 1.54) is 46.8 Å². The Kier molecular flexibility index (Phi) is 6.54. The van der Waals surface area contributed by atoms with Gasteiger partial charge in [-0.1, -0.05) is 24.3 Å². The molecule has 0 unspecified atom stereocenters. The van der Waals surface area contributed by atoms with Crippen molar-refractivity contribution < 1.29 is 31.1 Å². The van der Waals surface area contributed by atoms with Crippen LogP contribution in [0.25, 0.3) is 0 Å². The Morgan fingerprint density at radius 1 is 1.10 bits per heavy atom. The number of ether oxygens (including phenoxy) is 1. The first kappa shape index (κ1) is 21.9. The van der Waals surface area contributed by atoms with Gasteiger partial charge in [-0.15, -0.1) is 0 Å². The molecule has 0 spiro atoms. The van der Waals surface area contributed by atoms with E-state index in [0.717, 1.165) is 12.3 Å². The monoisotopic (exact) mass is 441 g/mol. The number of carbonyl (C=O) groups is 1. The highest BCUT2D eigenvalue weighted by Gasteiger charge is 2.32. The standard InChI is InChI=1S/C19H18F3N3O4S/c20-19(21,22)17-7-2-1-4-15(17)13-23-24-18(26)14-5-3-6-16(12-14)30(27,28)25-8-10-29-11-9-25/h1-7,12-13H,8-11H2,(H,24,26)/b23-13-. The number of hydrogen-bond acceptors (Lipinski definition) is 5. The van der Waals surface area contributed by atoms with Gasteiger partial charge in [0, 0.05) is 24.2 Å². The normalized spacial score (nSPS) is 16.0. The molecule has 0 aromatic heterocycles. The fraction of sp³-hybridized carbons (Fsp3) is 0.263. The van der Waals surface area contributed by atoms with Crippen LogP contribution in [0, 0.1) is 0 Å². The minimum atomic E-state index is -4.56. The van der Waals surface area contributed by atoms with Crippen LogP contribution in [-0.4, -0.2) is 51.1 Å². The summed E-state index contributed by atoms with van der Waals surface area (Å²) in [6.07, 6.45) is -3.68. The van der Waals surface area contributed by atoms with Crippen LogP contribution in [0.5, 0.6) is 0 Å². The van der Waals surface area contributed by atoms with E-state index in [2.05, 4.69) is 10.5 Å². The molecule has 11 heteroatoms. The average Bonchev–Trinajstić information content (AvgIpc) is 2.74. The molecule has 3 rings (SSSR count). The third kappa shape index (κ3) is 5.04. The zero-order valence-corrected chi connectivity index (χ0v) is 16.4. The lowest BCUT2D eigenvalue weighted by atomic mass is 10.1. The molecular formula is C19H18F3N3O4S. The topological polar surface area (TPSA) is 88.1 Å². The van der Waals surface area contributed by atoms with Crippen molar-refractivity contribution in [3.05, 3.63) is 65.2 Å². The van der Waals surface area contributed by atoms with E-state index in [4.69, 9.17) is 4.74 Å². The van der Waals surface area contributed by atoms with E-state index >= 15 is 0 Å². The number of alkyl halides is 3. The largest absolute Gasteiger partial charge is 0.417 e. The first-order valence-electron chi connectivity index (χ1n) is 8.87. The van der Waals surface area contributed by atoms with Gasteiger partial charge in [0.1, 0.15) is 0 Å². The molecule has 2 aromatic rings. The van der Waals surface area contributed by atoms with E-state index in [-0.39, 0.29) is 42.3 Å². The van der Waals surface area contributed by atoms with Crippen LogP contribution < -0.4 is 5.43 Å². The van der Waals surface area contributed by atoms with Gasteiger partial charge in [-0.2, -0.15) is 22.6 Å². The summed E-state index contributed by atoms with van der Waals surface area (Å²) >= 11 is 0. The summed E-state index contributed by atoms with van der Waals surface area (Å²) in [5.41, 5.74) is 1.02. The molecule has 160 valence electrons. The number of amides is 1. The molecule has 1 aliphatic rings. The average molecular weight is 441 g/mol. The van der Waals surface area contributed by atoms with Crippen LogP contribution in [0.4, 0.5) is 13.2 Å². The first-order valence-corrected chi connectivity index (χ1v) is 10.3. The highest BCUT2D eigenvalue weighted by Crippen LogP contribution is 2.31. The number of morpholine rings is 1. The van der Waals surface area contributed by atoms with Crippen LogP contribution >= 0.6 is 0 Å². The third-order valence-electron chi connectivity index (χ3n) is 4.34. The Morgan fingerprint density at radius 2 is 1.80 bits per heavy atom. The maximum atomic E-state index is 13.0. The van der Waals surface area contributed by atoms with Gasteiger partial charge in [-0.25, -0.2) is 13.8 Å². The third-order valence-corrected chi connectivity index (χ3v) is 6.23. The summed E-state index contributed by atoms with van der Waals surface area (Å²) < 4.78 is 70.8. The molecule has 7 nitrogen and oxygen atoms in total. The number of halogens is 3. The Balaban J connectivity index is 1.74. The summed E-state index contributed by atoms with van der Waals surface area (Å²) in [7, 11) is -3.79. The lowest BCUT2D eigenvalue weighted by Crippen LogP contribution is -2.40. The van der Waals surface area contributed by atoms with Crippen molar-refractivity contribution in [3.8, 4) is 0 Å². The zero-order valence-electron chi connectivity index (χ0n) is 15.6. The molecule has 1 aliphatic heterocycles. The molecule has 0 aliphatic carbocycles. The molecule has 0 bridgehead atoms. The number of rotatable bonds is 5. The molecule has 0 atom stereocenters. The van der Waals surface area contributed by atoms with Gasteiger partial charge in [-0.3, -0.25) is 4.79 Å². The maximum absolute atomic E-state index is 13.0. The lowest BCUT2D eigenvalue weighted by Gasteiger charge is -2.26. The lowest BCUT2D eigenvalue weighted by molar-refractivity contribution is -0.137. The quantitative estimate of drug-likeness (QED) is 0.571. The number of sulfonamides is 1. The van der Waals surface area contributed by atoms with Crippen molar-refractivity contribution in [2.75, 3.05) is 26.3 Å². The highest BCUT2D eigenvalue weighted by atomic mass is 32.2. The maximum Gasteiger partial charge on any atom is 0.417 e. The number of hydrogen-bond donors (Lipinski definition) is 1. The van der Waals surface area contributed by atoms with E-state index in [1.807, 2.05) is 0 Å². The summed E-state index contributed by atoms with van der Waals surface area (Å²) in [6, 6.07) is 10.1. The second-order valence-corrected chi connectivity index (χ2v) is 8.27. The van der Waals surface area contributed by atoms with Crippen LogP contribution in [0.2, 0.25) is 0 Å². The smallest absolute Gasteiger partial charge is 0.379 e. The second kappa shape index (κ2) is 8.94. The Morgan fingerprint density at radius 3 is 2.50 bits per heavy atom. The van der Waals surface area contributed by atoms with Gasteiger partial charge in [-0.05, 0) is 24.3 Å². The molecular weight excluding hydrogens is 423 g/mol. The van der Waals surface area contributed by atoms with Crippen LogP contribution in [0.15, 0.2) is 58.5 Å². The van der Waals surface area contributed by atoms with Crippen molar-refractivity contribution in [3.63, 3.8) is 0 Å². The molecule has 30 heavy (non-hydrogen) atoms. The molecule has 1 saturated heterocycles. The summed E-state index contributed by atoms with van der Waals surface area (Å²) in [4.78, 5) is 12.2. The predicted molar refractivity (Wildman–Crippen MR) is 103 cm³/mol. The number of nitrogens with zero attached hydrogens (tertiary/aromatic N) is 2. The fourth-order valence-electron chi connectivity index (χ4n) is 2.83. The van der Waals surface area contributed by atoms with E-state index < -0.39 is 27.7 Å². The number of benzene rings is 2. The van der Waals surface area contributed by atoms with Crippen molar-refractivity contribution in [2.45, 2.75) is 11.1 Å². The Hall–Kier alpha value is -2.76. The molecule has 0 radical (unpaired) electrons. The minimum absolute atomic E-state index is 0.00518. The first-order chi connectivity index (χ1) is 14.2. The number of hydrazone groups is 1. The van der Waals surface area contributed by atoms with Gasteiger partial charge >= 0.3 is 6.18 Å².